The number of benzene rings is 2. The van der Waals surface area contributed by atoms with Crippen molar-refractivity contribution < 1.29 is 14.2 Å². The molecule has 29 heavy (non-hydrogen) atoms. The SMILES string of the molecule is Cc1cc(-n2ccc(C#Cc3ccc(F)cc3)cc2=O)ccc1OCC(C)(C)O. The Morgan fingerprint density at radius 1 is 1.03 bits per heavy atom. The quantitative estimate of drug-likeness (QED) is 0.688. The Labute approximate surface area is 169 Å². The standard InChI is InChI=1S/C24H22FNO3/c1-17-14-21(10-11-22(17)29-16-24(2,3)28)26-13-12-19(15-23(26)27)5-4-18-6-8-20(25)9-7-18/h6-15,28H,16H2,1-3H3. The summed E-state index contributed by atoms with van der Waals surface area (Å²) in [6, 6.07) is 14.5. The molecule has 0 atom stereocenters. The van der Waals surface area contributed by atoms with Gasteiger partial charge in [0, 0.05) is 29.1 Å². The summed E-state index contributed by atoms with van der Waals surface area (Å²) in [5.74, 6) is 6.18. The molecular formula is C24H22FNO3. The van der Waals surface area contributed by atoms with Gasteiger partial charge in [0.2, 0.25) is 0 Å². The van der Waals surface area contributed by atoms with Gasteiger partial charge in [0.1, 0.15) is 18.2 Å². The van der Waals surface area contributed by atoms with Crippen molar-refractivity contribution in [1.29, 1.82) is 0 Å². The van der Waals surface area contributed by atoms with E-state index in [1.807, 2.05) is 13.0 Å². The third-order valence-electron chi connectivity index (χ3n) is 4.13. The lowest BCUT2D eigenvalue weighted by atomic mass is 10.1. The zero-order valence-corrected chi connectivity index (χ0v) is 16.6. The van der Waals surface area contributed by atoms with Crippen LogP contribution in [0, 0.1) is 24.6 Å². The van der Waals surface area contributed by atoms with E-state index in [4.69, 9.17) is 4.74 Å². The monoisotopic (exact) mass is 391 g/mol. The van der Waals surface area contributed by atoms with Gasteiger partial charge in [-0.15, -0.1) is 0 Å². The van der Waals surface area contributed by atoms with Gasteiger partial charge in [-0.3, -0.25) is 9.36 Å². The maximum Gasteiger partial charge on any atom is 0.256 e. The second kappa shape index (κ2) is 8.34. The van der Waals surface area contributed by atoms with Gasteiger partial charge in [0.05, 0.1) is 5.60 Å². The third kappa shape index (κ3) is 5.56. The van der Waals surface area contributed by atoms with Crippen molar-refractivity contribution in [2.24, 2.45) is 0 Å². The normalized spacial score (nSPS) is 10.9. The predicted octanol–water partition coefficient (Wildman–Crippen LogP) is 3.83. The molecule has 1 aromatic heterocycles. The highest BCUT2D eigenvalue weighted by atomic mass is 19.1. The second-order valence-corrected chi connectivity index (χ2v) is 7.43. The molecule has 0 aliphatic heterocycles. The fourth-order valence-electron chi connectivity index (χ4n) is 2.65. The summed E-state index contributed by atoms with van der Waals surface area (Å²) >= 11 is 0. The maximum atomic E-state index is 12.9. The first-order chi connectivity index (χ1) is 13.7. The molecule has 0 unspecified atom stereocenters. The van der Waals surface area contributed by atoms with Crippen molar-refractivity contribution in [3.05, 3.63) is 93.7 Å². The van der Waals surface area contributed by atoms with Crippen LogP contribution in [0.15, 0.2) is 65.6 Å². The van der Waals surface area contributed by atoms with Crippen LogP contribution in [0.3, 0.4) is 0 Å². The Morgan fingerprint density at radius 2 is 1.72 bits per heavy atom. The Hall–Kier alpha value is -3.36. The number of pyridine rings is 1. The predicted molar refractivity (Wildman–Crippen MR) is 111 cm³/mol. The summed E-state index contributed by atoms with van der Waals surface area (Å²) in [6.07, 6.45) is 1.67. The fraction of sp³-hybridized carbons (Fsp3) is 0.208. The molecule has 0 aliphatic carbocycles. The van der Waals surface area contributed by atoms with E-state index in [0.29, 0.717) is 22.6 Å². The van der Waals surface area contributed by atoms with Crippen LogP contribution in [-0.4, -0.2) is 21.9 Å². The van der Waals surface area contributed by atoms with E-state index in [1.54, 1.807) is 50.4 Å². The Kier molecular flexibility index (Phi) is 5.86. The highest BCUT2D eigenvalue weighted by Crippen LogP contribution is 2.22. The number of halogens is 1. The summed E-state index contributed by atoms with van der Waals surface area (Å²) in [7, 11) is 0. The molecule has 3 aromatic rings. The van der Waals surface area contributed by atoms with Crippen LogP contribution >= 0.6 is 0 Å². The molecule has 0 radical (unpaired) electrons. The highest BCUT2D eigenvalue weighted by Gasteiger charge is 2.14. The van der Waals surface area contributed by atoms with Crippen LogP contribution in [0.4, 0.5) is 4.39 Å². The minimum Gasteiger partial charge on any atom is -0.490 e. The number of aromatic nitrogens is 1. The van der Waals surface area contributed by atoms with Crippen LogP contribution in [0.1, 0.15) is 30.5 Å². The van der Waals surface area contributed by atoms with Crippen molar-refractivity contribution in [1.82, 2.24) is 4.57 Å². The van der Waals surface area contributed by atoms with E-state index in [9.17, 15) is 14.3 Å². The van der Waals surface area contributed by atoms with E-state index >= 15 is 0 Å². The molecule has 0 amide bonds. The van der Waals surface area contributed by atoms with Crippen molar-refractivity contribution in [2.45, 2.75) is 26.4 Å². The first-order valence-electron chi connectivity index (χ1n) is 9.18. The van der Waals surface area contributed by atoms with Crippen molar-refractivity contribution in [3.63, 3.8) is 0 Å². The number of aliphatic hydroxyl groups is 1. The molecular weight excluding hydrogens is 369 g/mol. The Balaban J connectivity index is 1.81. The molecule has 1 heterocycles. The summed E-state index contributed by atoms with van der Waals surface area (Å²) in [4.78, 5) is 12.5. The van der Waals surface area contributed by atoms with E-state index in [1.165, 1.54) is 22.8 Å². The minimum atomic E-state index is -0.924. The lowest BCUT2D eigenvalue weighted by molar-refractivity contribution is 0.0282. The zero-order chi connectivity index (χ0) is 21.0. The average molecular weight is 391 g/mol. The van der Waals surface area contributed by atoms with E-state index < -0.39 is 5.60 Å². The van der Waals surface area contributed by atoms with Gasteiger partial charge >= 0.3 is 0 Å². The number of hydrogen-bond acceptors (Lipinski definition) is 3. The fourth-order valence-corrected chi connectivity index (χ4v) is 2.65. The zero-order valence-electron chi connectivity index (χ0n) is 16.6. The molecule has 2 aromatic carbocycles. The highest BCUT2D eigenvalue weighted by molar-refractivity contribution is 5.46. The van der Waals surface area contributed by atoms with Crippen LogP contribution in [0.2, 0.25) is 0 Å². The van der Waals surface area contributed by atoms with E-state index in [0.717, 1.165) is 5.56 Å². The number of nitrogens with zero attached hydrogens (tertiary/aromatic N) is 1. The molecule has 3 rings (SSSR count). The van der Waals surface area contributed by atoms with Gasteiger partial charge in [-0.25, -0.2) is 4.39 Å². The summed E-state index contributed by atoms with van der Waals surface area (Å²) < 4.78 is 20.1. The van der Waals surface area contributed by atoms with Gasteiger partial charge in [-0.05, 0) is 74.9 Å². The minimum absolute atomic E-state index is 0.175. The number of rotatable bonds is 4. The lowest BCUT2D eigenvalue weighted by Crippen LogP contribution is -2.28. The van der Waals surface area contributed by atoms with E-state index in [-0.39, 0.29) is 18.0 Å². The van der Waals surface area contributed by atoms with Gasteiger partial charge in [0.15, 0.2) is 0 Å². The topological polar surface area (TPSA) is 51.5 Å². The van der Waals surface area contributed by atoms with Gasteiger partial charge in [-0.1, -0.05) is 11.8 Å². The Morgan fingerprint density at radius 3 is 2.34 bits per heavy atom. The molecule has 0 fully saturated rings. The first-order valence-corrected chi connectivity index (χ1v) is 9.18. The van der Waals surface area contributed by atoms with Crippen molar-refractivity contribution >= 4 is 0 Å². The van der Waals surface area contributed by atoms with Crippen LogP contribution in [0.25, 0.3) is 5.69 Å². The largest absolute Gasteiger partial charge is 0.490 e. The van der Waals surface area contributed by atoms with Gasteiger partial charge in [-0.2, -0.15) is 0 Å². The van der Waals surface area contributed by atoms with Crippen molar-refractivity contribution in [3.8, 4) is 23.3 Å². The Bertz CT molecular complexity index is 1130. The molecule has 0 saturated carbocycles. The smallest absolute Gasteiger partial charge is 0.256 e. The number of hydrogen-bond donors (Lipinski definition) is 1. The molecule has 0 saturated heterocycles. The summed E-state index contributed by atoms with van der Waals surface area (Å²) in [5, 5.41) is 9.80. The second-order valence-electron chi connectivity index (χ2n) is 7.43. The lowest BCUT2D eigenvalue weighted by Gasteiger charge is -2.19. The van der Waals surface area contributed by atoms with Crippen LogP contribution < -0.4 is 10.3 Å². The first kappa shape index (κ1) is 20.4. The number of ether oxygens (including phenoxy) is 1. The van der Waals surface area contributed by atoms with Crippen LogP contribution in [-0.2, 0) is 0 Å². The van der Waals surface area contributed by atoms with Crippen molar-refractivity contribution in [2.75, 3.05) is 6.61 Å². The molecule has 0 aliphatic rings. The van der Waals surface area contributed by atoms with Gasteiger partial charge in [0.25, 0.3) is 5.56 Å². The maximum absolute atomic E-state index is 12.9. The molecule has 0 spiro atoms. The third-order valence-corrected chi connectivity index (χ3v) is 4.13. The average Bonchev–Trinajstić information content (AvgIpc) is 2.66. The molecule has 1 N–H and O–H groups in total. The molecule has 4 nitrogen and oxygen atoms in total. The van der Waals surface area contributed by atoms with Gasteiger partial charge < -0.3 is 9.84 Å². The molecule has 148 valence electrons. The number of aryl methyl sites for hydroxylation is 1. The summed E-state index contributed by atoms with van der Waals surface area (Å²) in [6.45, 7) is 5.42. The summed E-state index contributed by atoms with van der Waals surface area (Å²) in [5.41, 5.74) is 1.69. The molecule has 5 heteroatoms. The van der Waals surface area contributed by atoms with Crippen LogP contribution in [0.5, 0.6) is 5.75 Å². The molecule has 0 bridgehead atoms. The van der Waals surface area contributed by atoms with E-state index in [2.05, 4.69) is 11.8 Å².